The number of methoxy groups -OCH3 is 2. The SMILES string of the molecule is COc1ccc(-n2ncc(C(=O)O)c2N)cc1.COc1ccc(-n2ncc(C(N)=O)c2N)cc1. The molecule has 12 nitrogen and oxygen atoms in total. The van der Waals surface area contributed by atoms with Crippen LogP contribution in [0.1, 0.15) is 20.7 Å². The lowest BCUT2D eigenvalue weighted by Gasteiger charge is -2.05. The van der Waals surface area contributed by atoms with Crippen molar-refractivity contribution < 1.29 is 24.2 Å². The van der Waals surface area contributed by atoms with Crippen LogP contribution in [0.15, 0.2) is 60.9 Å². The Morgan fingerprint density at radius 2 is 1.15 bits per heavy atom. The van der Waals surface area contributed by atoms with Crippen molar-refractivity contribution in [1.29, 1.82) is 0 Å². The number of hydrogen-bond donors (Lipinski definition) is 4. The van der Waals surface area contributed by atoms with Crippen molar-refractivity contribution in [3.8, 4) is 22.9 Å². The first-order chi connectivity index (χ1) is 16.3. The molecular weight excluding hydrogens is 442 g/mol. The molecule has 0 atom stereocenters. The molecule has 0 aliphatic carbocycles. The number of nitrogen functional groups attached to an aromatic ring is 2. The Morgan fingerprint density at radius 1 is 0.765 bits per heavy atom. The highest BCUT2D eigenvalue weighted by atomic mass is 16.5. The van der Waals surface area contributed by atoms with Gasteiger partial charge in [-0.2, -0.15) is 10.2 Å². The highest BCUT2D eigenvalue weighted by molar-refractivity contribution is 5.97. The molecule has 0 saturated carbocycles. The van der Waals surface area contributed by atoms with Gasteiger partial charge < -0.3 is 31.8 Å². The smallest absolute Gasteiger partial charge is 0.341 e. The second-order valence-corrected chi connectivity index (χ2v) is 6.78. The molecule has 0 radical (unpaired) electrons. The van der Waals surface area contributed by atoms with E-state index in [1.807, 2.05) is 0 Å². The number of nitrogens with zero attached hydrogens (tertiary/aromatic N) is 4. The zero-order valence-corrected chi connectivity index (χ0v) is 18.4. The van der Waals surface area contributed by atoms with Crippen molar-refractivity contribution in [2.45, 2.75) is 0 Å². The van der Waals surface area contributed by atoms with E-state index in [1.54, 1.807) is 62.8 Å². The predicted molar refractivity (Wildman–Crippen MR) is 125 cm³/mol. The first-order valence-electron chi connectivity index (χ1n) is 9.75. The molecule has 1 amide bonds. The molecule has 0 aliphatic heterocycles. The molecule has 0 bridgehead atoms. The molecule has 12 heteroatoms. The van der Waals surface area contributed by atoms with Crippen LogP contribution in [0.2, 0.25) is 0 Å². The minimum absolute atomic E-state index is 0.0131. The quantitative estimate of drug-likeness (QED) is 0.329. The summed E-state index contributed by atoms with van der Waals surface area (Å²) in [6, 6.07) is 14.1. The molecule has 176 valence electrons. The molecule has 0 aliphatic rings. The summed E-state index contributed by atoms with van der Waals surface area (Å²) in [5.74, 6) is 0.0717. The summed E-state index contributed by atoms with van der Waals surface area (Å²) in [4.78, 5) is 21.8. The summed E-state index contributed by atoms with van der Waals surface area (Å²) in [7, 11) is 3.16. The molecule has 4 rings (SSSR count). The monoisotopic (exact) mass is 465 g/mol. The van der Waals surface area contributed by atoms with Gasteiger partial charge in [0, 0.05) is 0 Å². The van der Waals surface area contributed by atoms with E-state index < -0.39 is 11.9 Å². The molecule has 0 spiro atoms. The fraction of sp³-hybridized carbons (Fsp3) is 0.0909. The van der Waals surface area contributed by atoms with Gasteiger partial charge in [-0.3, -0.25) is 4.79 Å². The molecule has 0 saturated heterocycles. The lowest BCUT2D eigenvalue weighted by Crippen LogP contribution is -2.13. The second kappa shape index (κ2) is 10.1. The number of aromatic carboxylic acids is 1. The Hall–Kier alpha value is -5.00. The molecule has 2 aromatic carbocycles. The van der Waals surface area contributed by atoms with Gasteiger partial charge >= 0.3 is 5.97 Å². The highest BCUT2D eigenvalue weighted by Gasteiger charge is 2.15. The van der Waals surface area contributed by atoms with Crippen LogP contribution in [0.25, 0.3) is 11.4 Å². The van der Waals surface area contributed by atoms with Crippen LogP contribution in [0.4, 0.5) is 11.6 Å². The van der Waals surface area contributed by atoms with Gasteiger partial charge in [0.05, 0.1) is 38.0 Å². The number of hydrogen-bond acceptors (Lipinski definition) is 8. The zero-order chi connectivity index (χ0) is 24.8. The summed E-state index contributed by atoms with van der Waals surface area (Å²) >= 11 is 0. The van der Waals surface area contributed by atoms with E-state index in [0.717, 1.165) is 11.4 Å². The number of ether oxygens (including phenoxy) is 2. The zero-order valence-electron chi connectivity index (χ0n) is 18.4. The number of carbonyl (C=O) groups is 2. The first kappa shape index (κ1) is 23.7. The molecule has 34 heavy (non-hydrogen) atoms. The largest absolute Gasteiger partial charge is 0.497 e. The number of primary amides is 1. The van der Waals surface area contributed by atoms with E-state index in [0.29, 0.717) is 11.4 Å². The van der Waals surface area contributed by atoms with Gasteiger partial charge in [0.2, 0.25) is 0 Å². The van der Waals surface area contributed by atoms with Crippen LogP contribution >= 0.6 is 0 Å². The topological polar surface area (TPSA) is 187 Å². The average Bonchev–Trinajstić information content (AvgIpc) is 3.42. The Labute approximate surface area is 194 Å². The number of nitrogens with two attached hydrogens (primary N) is 3. The maximum atomic E-state index is 11.0. The van der Waals surface area contributed by atoms with Gasteiger partial charge in [0.25, 0.3) is 5.91 Å². The average molecular weight is 465 g/mol. The van der Waals surface area contributed by atoms with Crippen LogP contribution in [-0.4, -0.2) is 50.8 Å². The van der Waals surface area contributed by atoms with E-state index >= 15 is 0 Å². The molecule has 0 fully saturated rings. The first-order valence-corrected chi connectivity index (χ1v) is 9.75. The minimum Gasteiger partial charge on any atom is -0.497 e. The molecule has 2 aromatic heterocycles. The summed E-state index contributed by atoms with van der Waals surface area (Å²) in [6.07, 6.45) is 2.57. The Balaban J connectivity index is 0.000000191. The Morgan fingerprint density at radius 3 is 1.44 bits per heavy atom. The van der Waals surface area contributed by atoms with E-state index in [9.17, 15) is 9.59 Å². The third kappa shape index (κ3) is 4.91. The lowest BCUT2D eigenvalue weighted by molar-refractivity contribution is 0.0697. The van der Waals surface area contributed by atoms with Crippen LogP contribution < -0.4 is 26.7 Å². The highest BCUT2D eigenvalue weighted by Crippen LogP contribution is 2.20. The van der Waals surface area contributed by atoms with Gasteiger partial charge in [-0.25, -0.2) is 14.2 Å². The molecule has 0 unspecified atom stereocenters. The minimum atomic E-state index is -1.10. The van der Waals surface area contributed by atoms with E-state index in [2.05, 4.69) is 10.2 Å². The van der Waals surface area contributed by atoms with Crippen molar-refractivity contribution in [3.05, 3.63) is 72.1 Å². The summed E-state index contributed by atoms with van der Waals surface area (Å²) in [6.45, 7) is 0. The number of carbonyl (C=O) groups excluding carboxylic acids is 1. The van der Waals surface area contributed by atoms with Crippen LogP contribution in [0.5, 0.6) is 11.5 Å². The molecular formula is C22H23N7O5. The van der Waals surface area contributed by atoms with Crippen molar-refractivity contribution in [3.63, 3.8) is 0 Å². The van der Waals surface area contributed by atoms with Gasteiger partial charge in [0.1, 0.15) is 34.3 Å². The number of benzene rings is 2. The van der Waals surface area contributed by atoms with Crippen LogP contribution in [0.3, 0.4) is 0 Å². The third-order valence-electron chi connectivity index (χ3n) is 4.74. The summed E-state index contributed by atoms with van der Waals surface area (Å²) in [5.41, 5.74) is 18.2. The van der Waals surface area contributed by atoms with Gasteiger partial charge in [0.15, 0.2) is 0 Å². The number of anilines is 2. The van der Waals surface area contributed by atoms with Crippen molar-refractivity contribution >= 4 is 23.5 Å². The van der Waals surface area contributed by atoms with Gasteiger partial charge in [-0.05, 0) is 48.5 Å². The maximum Gasteiger partial charge on any atom is 0.341 e. The summed E-state index contributed by atoms with van der Waals surface area (Å²) in [5, 5.41) is 16.8. The maximum absolute atomic E-state index is 11.0. The lowest BCUT2D eigenvalue weighted by atomic mass is 10.3. The Bertz CT molecular complexity index is 1190. The predicted octanol–water partition coefficient (Wildman–Crippen LogP) is 1.72. The van der Waals surface area contributed by atoms with Crippen molar-refractivity contribution in [1.82, 2.24) is 19.6 Å². The van der Waals surface area contributed by atoms with E-state index in [4.69, 9.17) is 31.8 Å². The van der Waals surface area contributed by atoms with Gasteiger partial charge in [-0.15, -0.1) is 0 Å². The number of aromatic nitrogens is 4. The fourth-order valence-corrected chi connectivity index (χ4v) is 2.93. The van der Waals surface area contributed by atoms with E-state index in [-0.39, 0.29) is 22.8 Å². The van der Waals surface area contributed by atoms with Crippen molar-refractivity contribution in [2.75, 3.05) is 25.7 Å². The second-order valence-electron chi connectivity index (χ2n) is 6.78. The number of carboxylic acid groups (broad SMARTS) is 1. The van der Waals surface area contributed by atoms with Crippen molar-refractivity contribution in [2.24, 2.45) is 5.73 Å². The standard InChI is InChI=1S/C11H12N4O2.C11H11N3O3/c1-17-8-4-2-7(3-5-8)15-10(12)9(6-14-15)11(13)16;1-17-8-4-2-7(3-5-8)14-10(12)9(6-13-14)11(15)16/h2-6H,12H2,1H3,(H2,13,16);2-6H,12H2,1H3,(H,15,16). The van der Waals surface area contributed by atoms with E-state index in [1.165, 1.54) is 21.8 Å². The number of carboxylic acids is 1. The Kier molecular flexibility index (Phi) is 7.01. The summed E-state index contributed by atoms with van der Waals surface area (Å²) < 4.78 is 12.9. The molecule has 4 aromatic rings. The van der Waals surface area contributed by atoms with Crippen LogP contribution in [0, 0.1) is 0 Å². The normalized spacial score (nSPS) is 10.2. The number of rotatable bonds is 6. The van der Waals surface area contributed by atoms with Gasteiger partial charge in [-0.1, -0.05) is 0 Å². The van der Waals surface area contributed by atoms with Crippen LogP contribution in [-0.2, 0) is 0 Å². The molecule has 7 N–H and O–H groups in total. The fourth-order valence-electron chi connectivity index (χ4n) is 2.93. The third-order valence-corrected chi connectivity index (χ3v) is 4.74. The number of amides is 1. The molecule has 2 heterocycles.